The first-order valence-corrected chi connectivity index (χ1v) is 11.9. The third-order valence-electron chi connectivity index (χ3n) is 6.95. The number of amides is 1. The molecule has 0 aliphatic carbocycles. The van der Waals surface area contributed by atoms with E-state index < -0.39 is 0 Å². The molecule has 0 spiro atoms. The highest BCUT2D eigenvalue weighted by molar-refractivity contribution is 5.96. The van der Waals surface area contributed by atoms with Crippen LogP contribution in [0.25, 0.3) is 11.0 Å². The van der Waals surface area contributed by atoms with Gasteiger partial charge >= 0.3 is 0 Å². The Morgan fingerprint density at radius 1 is 0.912 bits per heavy atom. The van der Waals surface area contributed by atoms with E-state index in [1.807, 2.05) is 29.2 Å². The van der Waals surface area contributed by atoms with E-state index in [1.54, 1.807) is 0 Å². The van der Waals surface area contributed by atoms with Crippen LogP contribution in [0.5, 0.6) is 5.75 Å². The van der Waals surface area contributed by atoms with Crippen LogP contribution >= 0.6 is 0 Å². The highest BCUT2D eigenvalue weighted by Gasteiger charge is 2.35. The lowest BCUT2D eigenvalue weighted by atomic mass is 10.1. The van der Waals surface area contributed by atoms with Gasteiger partial charge in [-0.3, -0.25) is 4.79 Å². The topological polar surface area (TPSA) is 47.4 Å². The smallest absolute Gasteiger partial charge is 0.227 e. The number of hydrogen-bond acceptors (Lipinski definition) is 3. The van der Waals surface area contributed by atoms with Crippen molar-refractivity contribution in [2.45, 2.75) is 46.6 Å². The Morgan fingerprint density at radius 3 is 2.44 bits per heavy atom. The molecule has 0 radical (unpaired) electrons. The zero-order chi connectivity index (χ0) is 23.8. The molecule has 3 aromatic carbocycles. The zero-order valence-corrected chi connectivity index (χ0v) is 20.3. The molecule has 34 heavy (non-hydrogen) atoms. The fraction of sp³-hybridized carbons (Fsp3) is 0.310. The number of anilines is 1. The van der Waals surface area contributed by atoms with Crippen LogP contribution in [0.15, 0.2) is 60.7 Å². The van der Waals surface area contributed by atoms with Gasteiger partial charge < -0.3 is 14.2 Å². The molecule has 1 saturated heterocycles. The van der Waals surface area contributed by atoms with E-state index in [0.29, 0.717) is 26.1 Å². The van der Waals surface area contributed by atoms with E-state index >= 15 is 0 Å². The minimum absolute atomic E-state index is 0.0432. The van der Waals surface area contributed by atoms with Gasteiger partial charge in [-0.05, 0) is 74.2 Å². The largest absolute Gasteiger partial charge is 0.491 e. The van der Waals surface area contributed by atoms with Crippen molar-refractivity contribution < 1.29 is 9.53 Å². The van der Waals surface area contributed by atoms with E-state index in [4.69, 9.17) is 9.72 Å². The molecule has 0 N–H and O–H groups in total. The summed E-state index contributed by atoms with van der Waals surface area (Å²) in [5, 5.41) is 0. The second-order valence-electron chi connectivity index (χ2n) is 9.35. The van der Waals surface area contributed by atoms with Gasteiger partial charge in [-0.1, -0.05) is 36.4 Å². The number of benzene rings is 3. The number of carbonyl (C=O) groups is 1. The molecule has 1 atom stereocenters. The third-order valence-corrected chi connectivity index (χ3v) is 6.95. The molecule has 0 bridgehead atoms. The minimum atomic E-state index is 0.0432. The first-order chi connectivity index (χ1) is 16.4. The summed E-state index contributed by atoms with van der Waals surface area (Å²) >= 11 is 0. The molecule has 1 aliphatic heterocycles. The summed E-state index contributed by atoms with van der Waals surface area (Å²) in [4.78, 5) is 19.9. The lowest BCUT2D eigenvalue weighted by molar-refractivity contribution is -0.117. The Labute approximate surface area is 201 Å². The maximum Gasteiger partial charge on any atom is 0.227 e. The Bertz CT molecular complexity index is 1350. The van der Waals surface area contributed by atoms with Gasteiger partial charge in [0.15, 0.2) is 0 Å². The minimum Gasteiger partial charge on any atom is -0.491 e. The van der Waals surface area contributed by atoms with Crippen LogP contribution in [-0.4, -0.2) is 28.6 Å². The summed E-state index contributed by atoms with van der Waals surface area (Å²) in [5.41, 5.74) is 7.72. The summed E-state index contributed by atoms with van der Waals surface area (Å²) in [6.45, 7) is 10.2. The van der Waals surface area contributed by atoms with E-state index in [-0.39, 0.29) is 11.8 Å². The normalized spacial score (nSPS) is 15.9. The highest BCUT2D eigenvalue weighted by Crippen LogP contribution is 2.34. The SMILES string of the molecule is Cc1ccc(N2CC(c3nc4ccccc4n3CCOc3c(C)cccc3C)CC2=O)cc1C. The van der Waals surface area contributed by atoms with Crippen LogP contribution in [0, 0.1) is 27.7 Å². The standard InChI is InChI=1S/C29H31N3O2/c1-19-12-13-24(16-22(19)4)32-18-23(17-27(32)33)29-30-25-10-5-6-11-26(25)31(29)14-15-34-28-20(2)8-7-9-21(28)3/h5-13,16,23H,14-15,17-18H2,1-4H3. The van der Waals surface area contributed by atoms with Gasteiger partial charge in [0.2, 0.25) is 5.91 Å². The van der Waals surface area contributed by atoms with Crippen molar-refractivity contribution in [1.29, 1.82) is 0 Å². The molecule has 1 amide bonds. The fourth-order valence-electron chi connectivity index (χ4n) is 4.93. The molecule has 2 heterocycles. The number of nitrogens with zero attached hydrogens (tertiary/aromatic N) is 3. The zero-order valence-electron chi connectivity index (χ0n) is 20.3. The third kappa shape index (κ3) is 4.07. The number of fused-ring (bicyclic) bond motifs is 1. The van der Waals surface area contributed by atoms with E-state index in [2.05, 4.69) is 68.7 Å². The summed E-state index contributed by atoms with van der Waals surface area (Å²) in [7, 11) is 0. The molecule has 1 fully saturated rings. The molecule has 5 rings (SSSR count). The number of aromatic nitrogens is 2. The van der Waals surface area contributed by atoms with Crippen molar-refractivity contribution in [3.05, 3.63) is 88.7 Å². The van der Waals surface area contributed by atoms with E-state index in [0.717, 1.165) is 39.4 Å². The van der Waals surface area contributed by atoms with Crippen LogP contribution in [0.1, 0.15) is 40.4 Å². The number of para-hydroxylation sites is 3. The first-order valence-electron chi connectivity index (χ1n) is 11.9. The van der Waals surface area contributed by atoms with Gasteiger partial charge in [-0.25, -0.2) is 4.98 Å². The Morgan fingerprint density at radius 2 is 1.68 bits per heavy atom. The maximum atomic E-state index is 13.0. The average Bonchev–Trinajstić information content (AvgIpc) is 3.38. The lowest BCUT2D eigenvalue weighted by Crippen LogP contribution is -2.24. The van der Waals surface area contributed by atoms with E-state index in [1.165, 1.54) is 11.1 Å². The molecule has 174 valence electrons. The van der Waals surface area contributed by atoms with E-state index in [9.17, 15) is 4.79 Å². The molecule has 1 aliphatic rings. The Balaban J connectivity index is 1.42. The second kappa shape index (κ2) is 8.98. The van der Waals surface area contributed by atoms with Crippen molar-refractivity contribution in [2.75, 3.05) is 18.1 Å². The highest BCUT2D eigenvalue weighted by atomic mass is 16.5. The fourth-order valence-corrected chi connectivity index (χ4v) is 4.93. The summed E-state index contributed by atoms with van der Waals surface area (Å²) < 4.78 is 8.46. The molecular formula is C29H31N3O2. The van der Waals surface area contributed by atoms with Crippen LogP contribution in [0.2, 0.25) is 0 Å². The maximum absolute atomic E-state index is 13.0. The number of imidazole rings is 1. The predicted octanol–water partition coefficient (Wildman–Crippen LogP) is 5.87. The average molecular weight is 454 g/mol. The molecular weight excluding hydrogens is 422 g/mol. The predicted molar refractivity (Wildman–Crippen MR) is 137 cm³/mol. The van der Waals surface area contributed by atoms with Gasteiger partial charge in [0.25, 0.3) is 0 Å². The van der Waals surface area contributed by atoms with Gasteiger partial charge in [-0.15, -0.1) is 0 Å². The Hall–Kier alpha value is -3.60. The van der Waals surface area contributed by atoms with Crippen molar-refractivity contribution >= 4 is 22.6 Å². The van der Waals surface area contributed by atoms with Gasteiger partial charge in [-0.2, -0.15) is 0 Å². The molecule has 5 heteroatoms. The van der Waals surface area contributed by atoms with Crippen LogP contribution < -0.4 is 9.64 Å². The summed E-state index contributed by atoms with van der Waals surface area (Å²) in [5.74, 6) is 2.11. The van der Waals surface area contributed by atoms with Gasteiger partial charge in [0.05, 0.1) is 17.6 Å². The van der Waals surface area contributed by atoms with Crippen LogP contribution in [0.4, 0.5) is 5.69 Å². The number of carbonyl (C=O) groups excluding carboxylic acids is 1. The summed E-state index contributed by atoms with van der Waals surface area (Å²) in [6, 6.07) is 20.6. The number of aryl methyl sites for hydroxylation is 4. The van der Waals surface area contributed by atoms with Crippen molar-refractivity contribution in [2.24, 2.45) is 0 Å². The molecule has 5 nitrogen and oxygen atoms in total. The monoisotopic (exact) mass is 453 g/mol. The van der Waals surface area contributed by atoms with Crippen LogP contribution in [0.3, 0.4) is 0 Å². The summed E-state index contributed by atoms with van der Waals surface area (Å²) in [6.07, 6.45) is 0.466. The second-order valence-corrected chi connectivity index (χ2v) is 9.35. The van der Waals surface area contributed by atoms with Crippen LogP contribution in [-0.2, 0) is 11.3 Å². The Kier molecular flexibility index (Phi) is 5.86. The first kappa shape index (κ1) is 22.2. The number of ether oxygens (including phenoxy) is 1. The van der Waals surface area contributed by atoms with Crippen molar-refractivity contribution in [3.8, 4) is 5.75 Å². The van der Waals surface area contributed by atoms with Gasteiger partial charge in [0.1, 0.15) is 18.2 Å². The molecule has 4 aromatic rings. The van der Waals surface area contributed by atoms with Gasteiger partial charge in [0, 0.05) is 24.6 Å². The number of rotatable bonds is 6. The molecule has 1 aromatic heterocycles. The number of hydrogen-bond donors (Lipinski definition) is 0. The lowest BCUT2D eigenvalue weighted by Gasteiger charge is -2.19. The van der Waals surface area contributed by atoms with Crippen molar-refractivity contribution in [1.82, 2.24) is 9.55 Å². The molecule has 1 unspecified atom stereocenters. The van der Waals surface area contributed by atoms with Crippen molar-refractivity contribution in [3.63, 3.8) is 0 Å². The quantitative estimate of drug-likeness (QED) is 0.367. The molecule has 0 saturated carbocycles.